The van der Waals surface area contributed by atoms with Gasteiger partial charge in [-0.3, -0.25) is 5.10 Å². The number of H-pyrrole nitrogens is 1. The van der Waals surface area contributed by atoms with Crippen molar-refractivity contribution in [3.8, 4) is 0 Å². The highest BCUT2D eigenvalue weighted by molar-refractivity contribution is 6.28. The number of nitrogens with one attached hydrogen (secondary N) is 2. The van der Waals surface area contributed by atoms with E-state index >= 15 is 0 Å². The molecule has 0 amide bonds. The molecule has 2 aromatic rings. The van der Waals surface area contributed by atoms with Crippen molar-refractivity contribution in [2.75, 3.05) is 5.32 Å². The zero-order valence-corrected chi connectivity index (χ0v) is 10.4. The number of hydrogen-bond acceptors (Lipinski definition) is 4. The molecule has 0 aliphatic heterocycles. The molecule has 17 heavy (non-hydrogen) atoms. The first-order valence-electron chi connectivity index (χ1n) is 5.87. The molecule has 6 heteroatoms. The zero-order chi connectivity index (χ0) is 11.9. The summed E-state index contributed by atoms with van der Waals surface area (Å²) in [5, 5.41) is 11.5. The van der Waals surface area contributed by atoms with Crippen molar-refractivity contribution in [3.05, 3.63) is 11.5 Å². The van der Waals surface area contributed by atoms with E-state index in [-0.39, 0.29) is 10.8 Å². The van der Waals surface area contributed by atoms with Gasteiger partial charge in [-0.25, -0.2) is 0 Å². The van der Waals surface area contributed by atoms with Crippen LogP contribution < -0.4 is 5.32 Å². The first kappa shape index (κ1) is 10.8. The van der Waals surface area contributed by atoms with Gasteiger partial charge in [0.25, 0.3) is 0 Å². The van der Waals surface area contributed by atoms with Gasteiger partial charge < -0.3 is 5.32 Å². The Balaban J connectivity index is 2.01. The summed E-state index contributed by atoms with van der Waals surface area (Å²) in [4.78, 5) is 8.36. The predicted molar refractivity (Wildman–Crippen MR) is 67.2 cm³/mol. The van der Waals surface area contributed by atoms with Gasteiger partial charge >= 0.3 is 0 Å². The van der Waals surface area contributed by atoms with Crippen LogP contribution in [0.3, 0.4) is 0 Å². The van der Waals surface area contributed by atoms with E-state index in [0.29, 0.717) is 5.65 Å². The van der Waals surface area contributed by atoms with Gasteiger partial charge in [0.05, 0.1) is 11.6 Å². The van der Waals surface area contributed by atoms with Crippen molar-refractivity contribution in [1.82, 2.24) is 20.2 Å². The largest absolute Gasteiger partial charge is 0.364 e. The molecule has 1 saturated carbocycles. The molecule has 0 spiro atoms. The highest BCUT2D eigenvalue weighted by Crippen LogP contribution is 2.38. The maximum atomic E-state index is 5.90. The Bertz CT molecular complexity index is 540. The minimum absolute atomic E-state index is 0.182. The molecule has 2 N–H and O–H groups in total. The molecule has 1 aliphatic carbocycles. The Morgan fingerprint density at radius 1 is 1.47 bits per heavy atom. The first-order chi connectivity index (χ1) is 8.22. The smallest absolute Gasteiger partial charge is 0.226 e. The topological polar surface area (TPSA) is 66.5 Å². The van der Waals surface area contributed by atoms with E-state index in [0.717, 1.165) is 17.6 Å². The van der Waals surface area contributed by atoms with E-state index in [1.165, 1.54) is 19.3 Å². The van der Waals surface area contributed by atoms with E-state index in [1.54, 1.807) is 6.20 Å². The monoisotopic (exact) mass is 251 g/mol. The summed E-state index contributed by atoms with van der Waals surface area (Å²) < 4.78 is 0. The second-order valence-electron chi connectivity index (χ2n) is 4.59. The number of fused-ring (bicyclic) bond motifs is 1. The van der Waals surface area contributed by atoms with Crippen LogP contribution in [0.2, 0.25) is 5.28 Å². The summed E-state index contributed by atoms with van der Waals surface area (Å²) in [6, 6.07) is 0. The summed E-state index contributed by atoms with van der Waals surface area (Å²) in [5.41, 5.74) is 0.861. The lowest BCUT2D eigenvalue weighted by molar-refractivity contribution is 0.269. The number of halogens is 1. The number of rotatable bonds is 3. The Kier molecular flexibility index (Phi) is 2.43. The molecule has 0 atom stereocenters. The molecule has 0 saturated heterocycles. The normalized spacial score (nSPS) is 18.0. The Morgan fingerprint density at radius 3 is 2.94 bits per heavy atom. The van der Waals surface area contributed by atoms with Crippen molar-refractivity contribution >= 4 is 28.5 Å². The van der Waals surface area contributed by atoms with Gasteiger partial charge in [-0.05, 0) is 37.3 Å². The number of anilines is 1. The molecule has 0 radical (unpaired) electrons. The molecular weight excluding hydrogens is 238 g/mol. The molecule has 5 nitrogen and oxygen atoms in total. The predicted octanol–water partition coefficient (Wildman–Crippen LogP) is 2.75. The third-order valence-corrected chi connectivity index (χ3v) is 3.82. The van der Waals surface area contributed by atoms with Crippen LogP contribution in [0, 0.1) is 0 Å². The van der Waals surface area contributed by atoms with Crippen LogP contribution in [-0.2, 0) is 0 Å². The third kappa shape index (κ3) is 1.74. The number of nitrogens with zero attached hydrogens (tertiary/aromatic N) is 3. The second kappa shape index (κ2) is 3.84. The van der Waals surface area contributed by atoms with Crippen molar-refractivity contribution in [2.24, 2.45) is 0 Å². The van der Waals surface area contributed by atoms with Gasteiger partial charge in [0.15, 0.2) is 5.65 Å². The number of aromatic amines is 1. The fourth-order valence-electron chi connectivity index (χ4n) is 2.32. The Morgan fingerprint density at radius 2 is 2.29 bits per heavy atom. The summed E-state index contributed by atoms with van der Waals surface area (Å²) in [7, 11) is 0. The average Bonchev–Trinajstić information content (AvgIpc) is 2.71. The molecule has 2 heterocycles. The minimum Gasteiger partial charge on any atom is -0.364 e. The number of hydrogen-bond donors (Lipinski definition) is 2. The van der Waals surface area contributed by atoms with Crippen LogP contribution in [0.25, 0.3) is 11.0 Å². The van der Waals surface area contributed by atoms with Crippen LogP contribution in [-0.4, -0.2) is 25.7 Å². The van der Waals surface area contributed by atoms with Crippen LogP contribution in [0.15, 0.2) is 6.20 Å². The maximum Gasteiger partial charge on any atom is 0.226 e. The first-order valence-corrected chi connectivity index (χ1v) is 6.25. The Hall–Kier alpha value is -1.36. The van der Waals surface area contributed by atoms with Crippen LogP contribution in [0.1, 0.15) is 32.6 Å². The van der Waals surface area contributed by atoms with Crippen LogP contribution >= 0.6 is 11.6 Å². The lowest BCUT2D eigenvalue weighted by Gasteiger charge is -2.42. The lowest BCUT2D eigenvalue weighted by Crippen LogP contribution is -2.44. The molecule has 90 valence electrons. The molecule has 0 unspecified atom stereocenters. The average molecular weight is 252 g/mol. The van der Waals surface area contributed by atoms with E-state index in [4.69, 9.17) is 11.6 Å². The van der Waals surface area contributed by atoms with E-state index in [2.05, 4.69) is 32.4 Å². The lowest BCUT2D eigenvalue weighted by atomic mass is 9.75. The molecule has 1 aliphatic rings. The van der Waals surface area contributed by atoms with E-state index < -0.39 is 0 Å². The fraction of sp³-hybridized carbons (Fsp3) is 0.545. The summed E-state index contributed by atoms with van der Waals surface area (Å²) in [6.07, 6.45) is 6.47. The summed E-state index contributed by atoms with van der Waals surface area (Å²) in [6.45, 7) is 2.20. The SMILES string of the molecule is CCC1(Nc2nc(Cl)nc3[nH]ncc23)CCC1. The molecule has 1 fully saturated rings. The molecule has 0 bridgehead atoms. The highest BCUT2D eigenvalue weighted by atomic mass is 35.5. The number of aromatic nitrogens is 4. The van der Waals surface area contributed by atoms with Crippen LogP contribution in [0.5, 0.6) is 0 Å². The quantitative estimate of drug-likeness (QED) is 0.824. The maximum absolute atomic E-state index is 5.90. The van der Waals surface area contributed by atoms with E-state index in [1.807, 2.05) is 0 Å². The standard InChI is InChI=1S/C11H14ClN5/c1-2-11(4-3-5-11)16-8-7-6-13-17-9(7)15-10(12)14-8/h6H,2-5H2,1H3,(H2,13,14,15,16,17). The van der Waals surface area contributed by atoms with Gasteiger partial charge in [0.2, 0.25) is 5.28 Å². The molecular formula is C11H14ClN5. The summed E-state index contributed by atoms with van der Waals surface area (Å²) in [5.74, 6) is 0.787. The third-order valence-electron chi connectivity index (χ3n) is 3.65. The molecule has 2 aromatic heterocycles. The zero-order valence-electron chi connectivity index (χ0n) is 9.63. The Labute approximate surface area is 104 Å². The van der Waals surface area contributed by atoms with Gasteiger partial charge in [0, 0.05) is 5.54 Å². The van der Waals surface area contributed by atoms with Gasteiger partial charge in [-0.1, -0.05) is 6.92 Å². The van der Waals surface area contributed by atoms with Gasteiger partial charge in [0.1, 0.15) is 5.82 Å². The van der Waals surface area contributed by atoms with Crippen molar-refractivity contribution in [2.45, 2.75) is 38.1 Å². The second-order valence-corrected chi connectivity index (χ2v) is 4.92. The molecule has 0 aromatic carbocycles. The van der Waals surface area contributed by atoms with Gasteiger partial charge in [-0.2, -0.15) is 15.1 Å². The summed E-state index contributed by atoms with van der Waals surface area (Å²) >= 11 is 5.90. The highest BCUT2D eigenvalue weighted by Gasteiger charge is 2.35. The van der Waals surface area contributed by atoms with E-state index in [9.17, 15) is 0 Å². The fourth-order valence-corrected chi connectivity index (χ4v) is 2.49. The van der Waals surface area contributed by atoms with Crippen molar-refractivity contribution < 1.29 is 0 Å². The minimum atomic E-state index is 0.182. The molecule has 3 rings (SSSR count). The van der Waals surface area contributed by atoms with Crippen LogP contribution in [0.4, 0.5) is 5.82 Å². The van der Waals surface area contributed by atoms with Crippen molar-refractivity contribution in [3.63, 3.8) is 0 Å². The van der Waals surface area contributed by atoms with Crippen molar-refractivity contribution in [1.29, 1.82) is 0 Å². The van der Waals surface area contributed by atoms with Gasteiger partial charge in [-0.15, -0.1) is 0 Å².